The Morgan fingerprint density at radius 3 is 2.46 bits per heavy atom. The van der Waals surface area contributed by atoms with Gasteiger partial charge in [-0.1, -0.05) is 35.2 Å². The smallest absolute Gasteiger partial charge is 0.416 e. The molecule has 0 aliphatic carbocycles. The van der Waals surface area contributed by atoms with Crippen molar-refractivity contribution in [2.45, 2.75) is 29.3 Å². The second-order valence-corrected chi connectivity index (χ2v) is 12.5. The van der Waals surface area contributed by atoms with E-state index in [0.29, 0.717) is 21.2 Å². The minimum Gasteiger partial charge on any atom is -0.490 e. The molecule has 0 bridgehead atoms. The highest BCUT2D eigenvalue weighted by atomic mass is 32.2. The number of thiazole rings is 1. The Hall–Kier alpha value is -4.63. The van der Waals surface area contributed by atoms with E-state index in [1.165, 1.54) is 36.4 Å². The molecule has 1 saturated heterocycles. The van der Waals surface area contributed by atoms with Gasteiger partial charge in [0.05, 0.1) is 28.8 Å². The van der Waals surface area contributed by atoms with E-state index in [4.69, 9.17) is 9.47 Å². The van der Waals surface area contributed by atoms with E-state index in [-0.39, 0.29) is 23.8 Å². The molecule has 1 aromatic heterocycles. The molecule has 3 amide bonds. The van der Waals surface area contributed by atoms with Gasteiger partial charge in [0.15, 0.2) is 18.1 Å². The van der Waals surface area contributed by atoms with Crippen molar-refractivity contribution in [3.05, 3.63) is 98.2 Å². The van der Waals surface area contributed by atoms with Crippen LogP contribution in [0.3, 0.4) is 0 Å². The van der Waals surface area contributed by atoms with Crippen molar-refractivity contribution >= 4 is 52.2 Å². The summed E-state index contributed by atoms with van der Waals surface area (Å²) in [6.07, 6.45) is -4.68. The molecule has 2 aliphatic rings. The van der Waals surface area contributed by atoms with Crippen LogP contribution in [-0.4, -0.2) is 41.2 Å². The maximum Gasteiger partial charge on any atom is 0.416 e. The summed E-state index contributed by atoms with van der Waals surface area (Å²) in [6, 6.07) is 13.9. The van der Waals surface area contributed by atoms with E-state index in [1.54, 1.807) is 19.1 Å². The van der Waals surface area contributed by atoms with Gasteiger partial charge in [0.25, 0.3) is 5.91 Å². The standard InChI is InChI=1S/C31H23F4N3O6S2/c1-2-43-21-12-15(6-11-20(21)44-14-22(39)36-18-9-7-17(32)8-10-18)23-24-26(45-27-25(23)46-30(42)37-27)29(41)38(28(24)40)19-5-3-4-16(13-19)31(33,34)35/h3-13,23-24,26H,2,14H2,1H3,(H,36,39)(H,37,42). The molecular weight excluding hydrogens is 650 g/mol. The number of nitrogens with zero attached hydrogens (tertiary/aromatic N) is 1. The van der Waals surface area contributed by atoms with Crippen LogP contribution in [0, 0.1) is 11.7 Å². The zero-order chi connectivity index (χ0) is 32.7. The lowest BCUT2D eigenvalue weighted by Gasteiger charge is -2.30. The zero-order valence-corrected chi connectivity index (χ0v) is 25.4. The molecule has 4 aromatic rings. The largest absolute Gasteiger partial charge is 0.490 e. The predicted octanol–water partition coefficient (Wildman–Crippen LogP) is 5.81. The van der Waals surface area contributed by atoms with Gasteiger partial charge in [-0.15, -0.1) is 0 Å². The fourth-order valence-corrected chi connectivity index (χ4v) is 7.95. The lowest BCUT2D eigenvalue weighted by molar-refractivity contribution is -0.137. The molecule has 15 heteroatoms. The first kappa shape index (κ1) is 31.4. The number of aromatic nitrogens is 1. The highest BCUT2D eigenvalue weighted by Gasteiger charge is 2.56. The van der Waals surface area contributed by atoms with Gasteiger partial charge < -0.3 is 19.8 Å². The Morgan fingerprint density at radius 2 is 1.74 bits per heavy atom. The Bertz CT molecular complexity index is 1890. The van der Waals surface area contributed by atoms with Crippen LogP contribution in [0.4, 0.5) is 28.9 Å². The Labute approximate surface area is 266 Å². The summed E-state index contributed by atoms with van der Waals surface area (Å²) in [5.74, 6) is -3.82. The summed E-state index contributed by atoms with van der Waals surface area (Å²) < 4.78 is 65.1. The van der Waals surface area contributed by atoms with Gasteiger partial charge in [-0.3, -0.25) is 19.2 Å². The number of halogens is 4. The average molecular weight is 674 g/mol. The number of carbonyl (C=O) groups is 3. The second-order valence-electron chi connectivity index (χ2n) is 10.3. The highest BCUT2D eigenvalue weighted by Crippen LogP contribution is 2.54. The van der Waals surface area contributed by atoms with Crippen LogP contribution in [-0.2, 0) is 20.6 Å². The van der Waals surface area contributed by atoms with Crippen LogP contribution in [0.15, 0.2) is 76.6 Å². The van der Waals surface area contributed by atoms with Crippen LogP contribution in [0.1, 0.15) is 28.8 Å². The molecule has 3 atom stereocenters. The first-order valence-corrected chi connectivity index (χ1v) is 15.5. The Balaban J connectivity index is 1.32. The third kappa shape index (κ3) is 5.99. The number of rotatable bonds is 8. The molecular formula is C31H23F4N3O6S2. The number of thioether (sulfide) groups is 1. The van der Waals surface area contributed by atoms with Gasteiger partial charge in [-0.2, -0.15) is 13.2 Å². The van der Waals surface area contributed by atoms with Crippen molar-refractivity contribution in [1.82, 2.24) is 4.98 Å². The lowest BCUT2D eigenvalue weighted by atomic mass is 9.83. The number of imide groups is 1. The van der Waals surface area contributed by atoms with Gasteiger partial charge in [-0.05, 0) is 67.1 Å². The van der Waals surface area contributed by atoms with Crippen molar-refractivity contribution in [2.75, 3.05) is 23.4 Å². The average Bonchev–Trinajstić information content (AvgIpc) is 3.51. The van der Waals surface area contributed by atoms with E-state index in [0.717, 1.165) is 46.2 Å². The molecule has 6 rings (SSSR count). The Morgan fingerprint density at radius 1 is 0.978 bits per heavy atom. The summed E-state index contributed by atoms with van der Waals surface area (Å²) in [7, 11) is 0. The van der Waals surface area contributed by atoms with Crippen molar-refractivity contribution in [2.24, 2.45) is 5.92 Å². The summed E-state index contributed by atoms with van der Waals surface area (Å²) in [4.78, 5) is 56.1. The van der Waals surface area contributed by atoms with Crippen LogP contribution in [0.2, 0.25) is 0 Å². The van der Waals surface area contributed by atoms with Gasteiger partial charge in [0.1, 0.15) is 11.1 Å². The highest BCUT2D eigenvalue weighted by molar-refractivity contribution is 8.00. The fraction of sp³-hybridized carbons (Fsp3) is 0.226. The molecule has 0 spiro atoms. The van der Waals surface area contributed by atoms with Crippen LogP contribution in [0.25, 0.3) is 0 Å². The van der Waals surface area contributed by atoms with Crippen LogP contribution < -0.4 is 24.6 Å². The monoisotopic (exact) mass is 673 g/mol. The number of anilines is 2. The molecule has 1 fully saturated rings. The number of carbonyl (C=O) groups excluding carboxylic acids is 3. The first-order valence-electron chi connectivity index (χ1n) is 13.8. The number of benzene rings is 3. The number of fused-ring (bicyclic) bond motifs is 2. The third-order valence-corrected chi connectivity index (χ3v) is 9.77. The molecule has 3 heterocycles. The van der Waals surface area contributed by atoms with Gasteiger partial charge in [0, 0.05) is 16.5 Å². The summed E-state index contributed by atoms with van der Waals surface area (Å²) >= 11 is 1.87. The number of aromatic amines is 1. The normalized spacial score (nSPS) is 19.1. The Kier molecular flexibility index (Phi) is 8.37. The number of alkyl halides is 3. The number of nitrogens with one attached hydrogen (secondary N) is 2. The summed E-state index contributed by atoms with van der Waals surface area (Å²) in [5, 5.41) is 1.96. The topological polar surface area (TPSA) is 118 Å². The van der Waals surface area contributed by atoms with Crippen LogP contribution >= 0.6 is 23.1 Å². The number of hydrogen-bond acceptors (Lipinski definition) is 8. The van der Waals surface area contributed by atoms with E-state index >= 15 is 0 Å². The molecule has 0 radical (unpaired) electrons. The molecule has 3 unspecified atom stereocenters. The minimum atomic E-state index is -4.68. The predicted molar refractivity (Wildman–Crippen MR) is 162 cm³/mol. The van der Waals surface area contributed by atoms with Crippen molar-refractivity contribution in [3.8, 4) is 11.5 Å². The molecule has 238 valence electrons. The first-order chi connectivity index (χ1) is 21.9. The second kappa shape index (κ2) is 12.3. The number of H-pyrrole nitrogens is 1. The molecule has 0 saturated carbocycles. The van der Waals surface area contributed by atoms with Gasteiger partial charge in [-0.25, -0.2) is 9.29 Å². The molecule has 2 aliphatic heterocycles. The van der Waals surface area contributed by atoms with E-state index in [1.807, 2.05) is 0 Å². The fourth-order valence-electron chi connectivity index (χ4n) is 5.43. The number of ether oxygens (including phenoxy) is 2. The van der Waals surface area contributed by atoms with Crippen LogP contribution in [0.5, 0.6) is 11.5 Å². The maximum absolute atomic E-state index is 13.9. The molecule has 3 aromatic carbocycles. The third-order valence-electron chi connectivity index (χ3n) is 7.37. The minimum absolute atomic E-state index is 0.198. The SMILES string of the molecule is CCOc1cc(C2c3sc(=O)[nH]c3SC3C(=O)N(c4cccc(C(F)(F)F)c4)C(=O)C32)ccc1OCC(=O)Nc1ccc(F)cc1. The zero-order valence-electron chi connectivity index (χ0n) is 23.7. The van der Waals surface area contributed by atoms with Gasteiger partial charge >= 0.3 is 11.0 Å². The lowest BCUT2D eigenvalue weighted by Crippen LogP contribution is -2.32. The van der Waals surface area contributed by atoms with Gasteiger partial charge in [0.2, 0.25) is 11.8 Å². The summed E-state index contributed by atoms with van der Waals surface area (Å²) in [6.45, 7) is 1.52. The number of amides is 3. The summed E-state index contributed by atoms with van der Waals surface area (Å²) in [5.41, 5.74) is -0.341. The molecule has 2 N–H and O–H groups in total. The van der Waals surface area contributed by atoms with Crippen molar-refractivity contribution in [3.63, 3.8) is 0 Å². The van der Waals surface area contributed by atoms with Crippen molar-refractivity contribution in [1.29, 1.82) is 0 Å². The maximum atomic E-state index is 13.9. The van der Waals surface area contributed by atoms with Crippen molar-refractivity contribution < 1.29 is 41.4 Å². The van der Waals surface area contributed by atoms with E-state index in [9.17, 15) is 36.7 Å². The van der Waals surface area contributed by atoms with E-state index in [2.05, 4.69) is 10.3 Å². The number of hydrogen-bond donors (Lipinski definition) is 2. The quantitative estimate of drug-likeness (QED) is 0.179. The molecule has 9 nitrogen and oxygen atoms in total. The van der Waals surface area contributed by atoms with E-state index < -0.39 is 63.8 Å². The molecule has 46 heavy (non-hydrogen) atoms.